The minimum atomic E-state index is -0.0269. The van der Waals surface area contributed by atoms with Crippen LogP contribution in [0.3, 0.4) is 0 Å². The number of carbonyl (C=O) groups is 4. The van der Waals surface area contributed by atoms with Gasteiger partial charge < -0.3 is 36.4 Å². The summed E-state index contributed by atoms with van der Waals surface area (Å²) in [5.41, 5.74) is 0. The Bertz CT molecular complexity index is 570. The maximum Gasteiger partial charge on any atom is 0.221 e. The molecule has 0 aliphatic heterocycles. The predicted molar refractivity (Wildman–Crippen MR) is 134 cm³/mol. The number of nitrogens with one attached hydrogen (secondary N) is 5. The maximum absolute atomic E-state index is 11.7. The highest BCUT2D eigenvalue weighted by molar-refractivity contribution is 5.76. The molecule has 0 heterocycles. The first-order chi connectivity index (χ1) is 16.4. The van der Waals surface area contributed by atoms with E-state index in [4.69, 9.17) is 0 Å². The molecule has 11 nitrogen and oxygen atoms in total. The van der Waals surface area contributed by atoms with Crippen LogP contribution in [0.1, 0.15) is 44.9 Å². The number of nitrogens with zero attached hydrogens (tertiary/aromatic N) is 2. The Kier molecular flexibility index (Phi) is 19.9. The fourth-order valence-corrected chi connectivity index (χ4v) is 3.31. The summed E-state index contributed by atoms with van der Waals surface area (Å²) in [6, 6.07) is 0. The molecule has 0 bridgehead atoms. The Hall–Kier alpha value is -2.24. The molecule has 34 heavy (non-hydrogen) atoms. The summed E-state index contributed by atoms with van der Waals surface area (Å²) in [6.07, 6.45) is 4.66. The molecule has 0 saturated heterocycles. The monoisotopic (exact) mass is 485 g/mol. The van der Waals surface area contributed by atoms with Crippen molar-refractivity contribution >= 4 is 23.6 Å². The Balaban J connectivity index is 4.54. The van der Waals surface area contributed by atoms with Crippen LogP contribution in [0.2, 0.25) is 0 Å². The topological polar surface area (TPSA) is 135 Å². The number of unbranched alkanes of at least 4 members (excludes halogenated alkanes) is 2. The van der Waals surface area contributed by atoms with E-state index in [-0.39, 0.29) is 23.6 Å². The largest absolute Gasteiger partial charge is 0.359 e. The molecule has 5 N–H and O–H groups in total. The van der Waals surface area contributed by atoms with Crippen molar-refractivity contribution in [2.45, 2.75) is 44.9 Å². The van der Waals surface area contributed by atoms with Crippen molar-refractivity contribution < 1.29 is 19.2 Å². The van der Waals surface area contributed by atoms with Crippen molar-refractivity contribution in [3.05, 3.63) is 0 Å². The smallest absolute Gasteiger partial charge is 0.221 e. The lowest BCUT2D eigenvalue weighted by Gasteiger charge is -2.27. The SMILES string of the molecule is CNC(=O)CCCCCNCCN(CCC(=O)NC)CCN(CCC(=O)NC)CCC(=O)NC. The fraction of sp³-hybridized carbons (Fsp3) is 0.826. The van der Waals surface area contributed by atoms with Crippen LogP contribution < -0.4 is 26.6 Å². The number of hydrogen-bond donors (Lipinski definition) is 5. The Morgan fingerprint density at radius 2 is 0.882 bits per heavy atom. The van der Waals surface area contributed by atoms with Crippen LogP contribution in [0, 0.1) is 0 Å². The molecule has 0 unspecified atom stereocenters. The van der Waals surface area contributed by atoms with Gasteiger partial charge in [-0.2, -0.15) is 0 Å². The van der Waals surface area contributed by atoms with Crippen LogP contribution in [0.15, 0.2) is 0 Å². The molecule has 0 atom stereocenters. The Morgan fingerprint density at radius 1 is 0.471 bits per heavy atom. The van der Waals surface area contributed by atoms with Crippen LogP contribution in [0.25, 0.3) is 0 Å². The average Bonchev–Trinajstić information content (AvgIpc) is 2.86. The van der Waals surface area contributed by atoms with Crippen molar-refractivity contribution in [3.63, 3.8) is 0 Å². The van der Waals surface area contributed by atoms with Gasteiger partial charge in [-0.25, -0.2) is 0 Å². The van der Waals surface area contributed by atoms with Gasteiger partial charge >= 0.3 is 0 Å². The van der Waals surface area contributed by atoms with Gasteiger partial charge in [0.1, 0.15) is 0 Å². The van der Waals surface area contributed by atoms with Gasteiger partial charge in [0.25, 0.3) is 0 Å². The lowest BCUT2D eigenvalue weighted by Crippen LogP contribution is -2.42. The third-order valence-electron chi connectivity index (χ3n) is 5.68. The molecule has 0 aliphatic rings. The molecule has 0 aromatic carbocycles. The molecule has 0 aromatic heterocycles. The molecule has 198 valence electrons. The summed E-state index contributed by atoms with van der Waals surface area (Å²) >= 11 is 0. The second-order valence-electron chi connectivity index (χ2n) is 8.19. The van der Waals surface area contributed by atoms with Gasteiger partial charge in [-0.05, 0) is 19.4 Å². The highest BCUT2D eigenvalue weighted by Gasteiger charge is 2.13. The third kappa shape index (κ3) is 18.2. The molecule has 0 fully saturated rings. The number of amides is 4. The molecule has 0 radical (unpaired) electrons. The van der Waals surface area contributed by atoms with Gasteiger partial charge in [-0.15, -0.1) is 0 Å². The fourth-order valence-electron chi connectivity index (χ4n) is 3.31. The normalized spacial score (nSPS) is 10.9. The van der Waals surface area contributed by atoms with Crippen LogP contribution >= 0.6 is 0 Å². The van der Waals surface area contributed by atoms with Crippen molar-refractivity contribution in [3.8, 4) is 0 Å². The lowest BCUT2D eigenvalue weighted by molar-refractivity contribution is -0.122. The summed E-state index contributed by atoms with van der Waals surface area (Å²) < 4.78 is 0. The predicted octanol–water partition coefficient (Wildman–Crippen LogP) is -1.11. The van der Waals surface area contributed by atoms with Crippen molar-refractivity contribution in [2.75, 3.05) is 80.5 Å². The Labute approximate surface area is 205 Å². The zero-order valence-corrected chi connectivity index (χ0v) is 21.6. The molecule has 0 aromatic rings. The molecule has 0 saturated carbocycles. The van der Waals surface area contributed by atoms with E-state index in [0.717, 1.165) is 45.4 Å². The van der Waals surface area contributed by atoms with Crippen molar-refractivity contribution in [2.24, 2.45) is 0 Å². The van der Waals surface area contributed by atoms with E-state index in [0.29, 0.717) is 51.9 Å². The van der Waals surface area contributed by atoms with Gasteiger partial charge in [0.05, 0.1) is 0 Å². The summed E-state index contributed by atoms with van der Waals surface area (Å²) in [5, 5.41) is 14.0. The lowest BCUT2D eigenvalue weighted by atomic mass is 10.2. The van der Waals surface area contributed by atoms with Gasteiger partial charge in [0, 0.05) is 99.7 Å². The maximum atomic E-state index is 11.7. The van der Waals surface area contributed by atoms with Crippen molar-refractivity contribution in [1.82, 2.24) is 36.4 Å². The minimum absolute atomic E-state index is 0.00478. The van der Waals surface area contributed by atoms with Crippen LogP contribution in [0.4, 0.5) is 0 Å². The van der Waals surface area contributed by atoms with Gasteiger partial charge in [0.15, 0.2) is 0 Å². The molecule has 0 spiro atoms. The summed E-state index contributed by atoms with van der Waals surface area (Å²) in [4.78, 5) is 50.7. The molecule has 0 rings (SSSR count). The number of rotatable bonds is 21. The van der Waals surface area contributed by atoms with E-state index in [2.05, 4.69) is 36.4 Å². The minimum Gasteiger partial charge on any atom is -0.359 e. The van der Waals surface area contributed by atoms with E-state index < -0.39 is 0 Å². The Morgan fingerprint density at radius 3 is 1.32 bits per heavy atom. The van der Waals surface area contributed by atoms with Gasteiger partial charge in [-0.3, -0.25) is 19.2 Å². The molecule has 4 amide bonds. The molecule has 0 aliphatic carbocycles. The third-order valence-corrected chi connectivity index (χ3v) is 5.68. The van der Waals surface area contributed by atoms with E-state index in [9.17, 15) is 19.2 Å². The van der Waals surface area contributed by atoms with Gasteiger partial charge in [0.2, 0.25) is 23.6 Å². The van der Waals surface area contributed by atoms with Crippen molar-refractivity contribution in [1.29, 1.82) is 0 Å². The zero-order chi connectivity index (χ0) is 25.6. The quantitative estimate of drug-likeness (QED) is 0.130. The van der Waals surface area contributed by atoms with Crippen LogP contribution in [-0.2, 0) is 19.2 Å². The van der Waals surface area contributed by atoms with E-state index in [1.165, 1.54) is 0 Å². The van der Waals surface area contributed by atoms with Crippen LogP contribution in [0.5, 0.6) is 0 Å². The highest BCUT2D eigenvalue weighted by Crippen LogP contribution is 2.00. The number of carbonyl (C=O) groups excluding carboxylic acids is 4. The van der Waals surface area contributed by atoms with E-state index in [1.807, 2.05) is 0 Å². The van der Waals surface area contributed by atoms with Gasteiger partial charge in [-0.1, -0.05) is 6.42 Å². The first-order valence-corrected chi connectivity index (χ1v) is 12.3. The van der Waals surface area contributed by atoms with E-state index >= 15 is 0 Å². The van der Waals surface area contributed by atoms with E-state index in [1.54, 1.807) is 28.2 Å². The second kappa shape index (κ2) is 21.3. The average molecular weight is 486 g/mol. The standard InChI is InChI=1S/C23H47N7O4/c1-24-20(31)8-6-5-7-12-28-13-17-30(16-11-23(34)27-4)19-18-29(14-9-21(32)25-2)15-10-22(33)26-3/h28H,5-19H2,1-4H3,(H,24,31)(H,25,32)(H,26,33)(H,27,34). The molecule has 11 heteroatoms. The zero-order valence-electron chi connectivity index (χ0n) is 21.6. The first-order valence-electron chi connectivity index (χ1n) is 12.3. The molecular formula is C23H47N7O4. The highest BCUT2D eigenvalue weighted by atomic mass is 16.2. The molecular weight excluding hydrogens is 438 g/mol. The summed E-state index contributed by atoms with van der Waals surface area (Å²) in [5.74, 6) is 0.0338. The number of hydrogen-bond acceptors (Lipinski definition) is 7. The first kappa shape index (κ1) is 31.8. The second-order valence-corrected chi connectivity index (χ2v) is 8.19. The summed E-state index contributed by atoms with van der Waals surface area (Å²) in [6.45, 7) is 5.75. The summed E-state index contributed by atoms with van der Waals surface area (Å²) in [7, 11) is 6.53. The van der Waals surface area contributed by atoms with Crippen LogP contribution in [-0.4, -0.2) is 114 Å².